The van der Waals surface area contributed by atoms with Crippen LogP contribution in [0.15, 0.2) is 18.2 Å². The lowest BCUT2D eigenvalue weighted by atomic mass is 10.1. The molecule has 1 saturated heterocycles. The Labute approximate surface area is 105 Å². The third-order valence-electron chi connectivity index (χ3n) is 2.91. The van der Waals surface area contributed by atoms with Crippen LogP contribution in [0.1, 0.15) is 24.8 Å². The Morgan fingerprint density at radius 1 is 1.50 bits per heavy atom. The van der Waals surface area contributed by atoms with Gasteiger partial charge in [-0.05, 0) is 18.9 Å². The van der Waals surface area contributed by atoms with Crippen LogP contribution in [0.5, 0.6) is 0 Å². The highest BCUT2D eigenvalue weighted by Gasteiger charge is 2.20. The molecule has 0 amide bonds. The van der Waals surface area contributed by atoms with Crippen molar-refractivity contribution < 1.29 is 14.7 Å². The van der Waals surface area contributed by atoms with Gasteiger partial charge >= 0.3 is 0 Å². The summed E-state index contributed by atoms with van der Waals surface area (Å²) in [6.07, 6.45) is 4.54. The van der Waals surface area contributed by atoms with Crippen molar-refractivity contribution in [1.29, 1.82) is 0 Å². The number of nitro benzene ring substituents is 1. The van der Waals surface area contributed by atoms with E-state index >= 15 is 0 Å². The van der Waals surface area contributed by atoms with Crippen molar-refractivity contribution >= 4 is 17.6 Å². The Hall–Kier alpha value is -1.95. The van der Waals surface area contributed by atoms with E-state index in [9.17, 15) is 10.1 Å². The van der Waals surface area contributed by atoms with Gasteiger partial charge in [0, 0.05) is 12.5 Å². The van der Waals surface area contributed by atoms with Crippen LogP contribution in [-0.2, 0) is 4.74 Å². The number of anilines is 1. The Balaban J connectivity index is 2.21. The van der Waals surface area contributed by atoms with Crippen molar-refractivity contribution in [2.24, 2.45) is 0 Å². The first-order valence-corrected chi connectivity index (χ1v) is 5.92. The molecule has 0 spiro atoms. The maximum Gasteiger partial charge on any atom is 0.284 e. The first kappa shape index (κ1) is 12.5. The van der Waals surface area contributed by atoms with Crippen LogP contribution < -0.4 is 10.7 Å². The number of nitrogens with zero attached hydrogens (tertiary/aromatic N) is 1. The summed E-state index contributed by atoms with van der Waals surface area (Å²) in [5, 5.41) is 10.9. The van der Waals surface area contributed by atoms with Crippen LogP contribution in [0.2, 0.25) is 0 Å². The highest BCUT2D eigenvalue weighted by molar-refractivity contribution is 5.89. The van der Waals surface area contributed by atoms with Gasteiger partial charge in [-0.25, -0.2) is 4.99 Å². The normalized spacial score (nSPS) is 20.1. The van der Waals surface area contributed by atoms with E-state index in [1.807, 2.05) is 0 Å². The molecule has 1 fully saturated rings. The van der Waals surface area contributed by atoms with Gasteiger partial charge in [0.15, 0.2) is 6.21 Å². The quantitative estimate of drug-likeness (QED) is 0.347. The van der Waals surface area contributed by atoms with Gasteiger partial charge in [-0.1, -0.05) is 6.07 Å². The second kappa shape index (κ2) is 5.59. The molecule has 1 aromatic carbocycles. The van der Waals surface area contributed by atoms with Gasteiger partial charge in [0.2, 0.25) is 0 Å². The van der Waals surface area contributed by atoms with Gasteiger partial charge < -0.3 is 10.5 Å². The number of ether oxygens (including phenoxy) is 1. The molecule has 6 nitrogen and oxygen atoms in total. The fourth-order valence-corrected chi connectivity index (χ4v) is 1.94. The molecule has 2 rings (SSSR count). The molecule has 18 heavy (non-hydrogen) atoms. The maximum absolute atomic E-state index is 10.9. The first-order chi connectivity index (χ1) is 8.68. The Bertz CT molecular complexity index is 468. The summed E-state index contributed by atoms with van der Waals surface area (Å²) in [5.74, 6) is 0. The van der Waals surface area contributed by atoms with Crippen molar-refractivity contribution in [3.63, 3.8) is 0 Å². The number of nitro groups is 1. The van der Waals surface area contributed by atoms with Crippen molar-refractivity contribution in [3.8, 4) is 0 Å². The summed E-state index contributed by atoms with van der Waals surface area (Å²) in [6.45, 7) is 0.720. The fourth-order valence-electron chi connectivity index (χ4n) is 1.94. The summed E-state index contributed by atoms with van der Waals surface area (Å²) < 4.78 is 5.49. The largest absolute Gasteiger partial charge is 0.398 e. The molecule has 6 heteroatoms. The molecule has 0 saturated carbocycles. The van der Waals surface area contributed by atoms with E-state index in [1.165, 1.54) is 6.07 Å². The number of hydrogen-bond donors (Lipinski definition) is 2. The number of hydrogen-bond acceptors (Lipinski definition) is 4. The van der Waals surface area contributed by atoms with E-state index in [1.54, 1.807) is 18.3 Å². The number of nitrogens with one attached hydrogen (secondary N) is 1. The van der Waals surface area contributed by atoms with E-state index in [-0.39, 0.29) is 11.9 Å². The highest BCUT2D eigenvalue weighted by Crippen LogP contribution is 2.21. The van der Waals surface area contributed by atoms with Crippen molar-refractivity contribution in [2.75, 3.05) is 12.3 Å². The topological polar surface area (TPSA) is 92.4 Å². The van der Waals surface area contributed by atoms with Crippen molar-refractivity contribution in [3.05, 3.63) is 33.9 Å². The minimum atomic E-state index is -0.439. The summed E-state index contributed by atoms with van der Waals surface area (Å²) in [7, 11) is 0. The second-order valence-corrected chi connectivity index (χ2v) is 4.20. The zero-order valence-electron chi connectivity index (χ0n) is 9.96. The van der Waals surface area contributed by atoms with E-state index in [0.717, 1.165) is 25.9 Å². The fraction of sp³-hybridized carbons (Fsp3) is 0.417. The van der Waals surface area contributed by atoms with Gasteiger partial charge in [-0.3, -0.25) is 10.1 Å². The molecule has 1 unspecified atom stereocenters. The number of nitrogens with two attached hydrogens (primary N) is 1. The highest BCUT2D eigenvalue weighted by atomic mass is 16.6. The van der Waals surface area contributed by atoms with Crippen LogP contribution in [0, 0.1) is 10.1 Å². The summed E-state index contributed by atoms with van der Waals surface area (Å²) in [5.41, 5.74) is 6.54. The smallest absolute Gasteiger partial charge is 0.284 e. The van der Waals surface area contributed by atoms with Gasteiger partial charge in [0.05, 0.1) is 17.2 Å². The van der Waals surface area contributed by atoms with Gasteiger partial charge in [-0.2, -0.15) is 0 Å². The SMILES string of the molecule is Nc1cccc([N+](=O)[O-])c1C=[NH+]C1CCCCO1. The molecular formula is C12H16N3O3+. The molecule has 0 aromatic heterocycles. The average Bonchev–Trinajstić information content (AvgIpc) is 2.38. The Morgan fingerprint density at radius 3 is 3.00 bits per heavy atom. The molecule has 0 aliphatic carbocycles. The molecule has 96 valence electrons. The number of benzene rings is 1. The van der Waals surface area contributed by atoms with Gasteiger partial charge in [0.1, 0.15) is 5.56 Å². The lowest BCUT2D eigenvalue weighted by molar-refractivity contribution is -0.562. The molecule has 1 atom stereocenters. The predicted molar refractivity (Wildman–Crippen MR) is 67.2 cm³/mol. The lowest BCUT2D eigenvalue weighted by Crippen LogP contribution is -2.78. The summed E-state index contributed by atoms with van der Waals surface area (Å²) in [4.78, 5) is 13.5. The zero-order chi connectivity index (χ0) is 13.0. The Morgan fingerprint density at radius 2 is 2.33 bits per heavy atom. The molecule has 1 heterocycles. The minimum absolute atomic E-state index is 0.00157. The van der Waals surface area contributed by atoms with Gasteiger partial charge in [-0.15, -0.1) is 0 Å². The predicted octanol–water partition coefficient (Wildman–Crippen LogP) is 0.203. The average molecular weight is 250 g/mol. The number of nitrogen functional groups attached to an aromatic ring is 1. The van der Waals surface area contributed by atoms with E-state index in [2.05, 4.69) is 4.99 Å². The van der Waals surface area contributed by atoms with E-state index in [0.29, 0.717) is 11.3 Å². The summed E-state index contributed by atoms with van der Waals surface area (Å²) in [6, 6.07) is 4.65. The maximum atomic E-state index is 10.9. The molecule has 3 N–H and O–H groups in total. The van der Waals surface area contributed by atoms with Crippen LogP contribution in [0.3, 0.4) is 0 Å². The van der Waals surface area contributed by atoms with Gasteiger partial charge in [0.25, 0.3) is 11.9 Å². The zero-order valence-corrected chi connectivity index (χ0v) is 9.96. The molecule has 0 radical (unpaired) electrons. The first-order valence-electron chi connectivity index (χ1n) is 5.92. The summed E-state index contributed by atoms with van der Waals surface area (Å²) >= 11 is 0. The minimum Gasteiger partial charge on any atom is -0.398 e. The third-order valence-corrected chi connectivity index (χ3v) is 2.91. The monoisotopic (exact) mass is 250 g/mol. The lowest BCUT2D eigenvalue weighted by Gasteiger charge is -2.14. The second-order valence-electron chi connectivity index (χ2n) is 4.20. The van der Waals surface area contributed by atoms with Crippen molar-refractivity contribution in [1.82, 2.24) is 0 Å². The van der Waals surface area contributed by atoms with Crippen LogP contribution in [0.25, 0.3) is 0 Å². The molecule has 1 aromatic rings. The Kier molecular flexibility index (Phi) is 3.88. The van der Waals surface area contributed by atoms with E-state index in [4.69, 9.17) is 10.5 Å². The molecule has 1 aliphatic rings. The van der Waals surface area contributed by atoms with Crippen LogP contribution >= 0.6 is 0 Å². The molecule has 0 bridgehead atoms. The molecule has 1 aliphatic heterocycles. The van der Waals surface area contributed by atoms with E-state index < -0.39 is 4.92 Å². The van der Waals surface area contributed by atoms with Crippen LogP contribution in [0.4, 0.5) is 11.4 Å². The number of rotatable bonds is 3. The third kappa shape index (κ3) is 2.84. The van der Waals surface area contributed by atoms with Crippen molar-refractivity contribution in [2.45, 2.75) is 25.5 Å². The van der Waals surface area contributed by atoms with Crippen LogP contribution in [-0.4, -0.2) is 24.0 Å². The standard InChI is InChI=1S/C12H15N3O3/c13-10-4-3-5-11(15(16)17)9(10)8-14-12-6-1-2-7-18-12/h3-5,8,12H,1-2,6-7,13H2/p+1. The molecular weight excluding hydrogens is 234 g/mol.